The van der Waals surface area contributed by atoms with Crippen LogP contribution in [0.15, 0.2) is 48.0 Å². The molecule has 0 spiro atoms. The lowest BCUT2D eigenvalue weighted by Crippen LogP contribution is -2.36. The number of nitrogens with one attached hydrogen (secondary N) is 2. The number of hydrogen-bond acceptors (Lipinski definition) is 4. The van der Waals surface area contributed by atoms with Crippen LogP contribution in [-0.4, -0.2) is 30.6 Å². The Morgan fingerprint density at radius 3 is 2.86 bits per heavy atom. The summed E-state index contributed by atoms with van der Waals surface area (Å²) in [6.07, 6.45) is 6.43. The predicted molar refractivity (Wildman–Crippen MR) is 116 cm³/mol. The standard InChI is InChI=1S/C22H26N4OS/c27-22(24-11-9-18-16-28-20-7-3-2-6-19(18)20)25-15-17-8-10-23-21(14-17)26-12-4-1-5-13-26/h2-3,6-8,10,14,16H,1,4-5,9,11-13,15H2,(H2,24,25,27). The summed E-state index contributed by atoms with van der Waals surface area (Å²) in [5.41, 5.74) is 2.37. The molecule has 1 fully saturated rings. The van der Waals surface area contributed by atoms with E-state index in [1.807, 2.05) is 12.3 Å². The lowest BCUT2D eigenvalue weighted by molar-refractivity contribution is 0.240. The van der Waals surface area contributed by atoms with Crippen LogP contribution in [0.4, 0.5) is 10.6 Å². The molecular weight excluding hydrogens is 368 g/mol. The van der Waals surface area contributed by atoms with Crippen LogP contribution in [0, 0.1) is 0 Å². The highest BCUT2D eigenvalue weighted by Crippen LogP contribution is 2.25. The Morgan fingerprint density at radius 1 is 1.11 bits per heavy atom. The second kappa shape index (κ2) is 9.06. The van der Waals surface area contributed by atoms with E-state index >= 15 is 0 Å². The van der Waals surface area contributed by atoms with Crippen molar-refractivity contribution in [3.8, 4) is 0 Å². The van der Waals surface area contributed by atoms with Crippen molar-refractivity contribution < 1.29 is 4.79 Å². The maximum absolute atomic E-state index is 12.1. The number of fused-ring (bicyclic) bond motifs is 1. The minimum Gasteiger partial charge on any atom is -0.357 e. The van der Waals surface area contributed by atoms with Crippen LogP contribution in [0.2, 0.25) is 0 Å². The van der Waals surface area contributed by atoms with Crippen molar-refractivity contribution in [2.45, 2.75) is 32.2 Å². The van der Waals surface area contributed by atoms with E-state index < -0.39 is 0 Å². The van der Waals surface area contributed by atoms with Gasteiger partial charge in [-0.2, -0.15) is 0 Å². The fourth-order valence-electron chi connectivity index (χ4n) is 3.65. The van der Waals surface area contributed by atoms with Crippen LogP contribution in [0.3, 0.4) is 0 Å². The smallest absolute Gasteiger partial charge is 0.315 e. The van der Waals surface area contributed by atoms with E-state index in [2.05, 4.69) is 56.2 Å². The zero-order valence-corrected chi connectivity index (χ0v) is 16.8. The van der Waals surface area contributed by atoms with Crippen LogP contribution in [0.1, 0.15) is 30.4 Å². The summed E-state index contributed by atoms with van der Waals surface area (Å²) in [6.45, 7) is 3.28. The lowest BCUT2D eigenvalue weighted by atomic mass is 10.1. The number of urea groups is 1. The summed E-state index contributed by atoms with van der Waals surface area (Å²) in [5, 5.41) is 9.39. The number of carbonyl (C=O) groups is 1. The highest BCUT2D eigenvalue weighted by Gasteiger charge is 2.12. The molecule has 1 aliphatic rings. The number of carbonyl (C=O) groups excluding carboxylic acids is 1. The average Bonchev–Trinajstić information content (AvgIpc) is 3.16. The van der Waals surface area contributed by atoms with Gasteiger partial charge in [0, 0.05) is 37.1 Å². The SMILES string of the molecule is O=C(NCCc1csc2ccccc12)NCc1ccnc(N2CCCCC2)c1. The number of amides is 2. The summed E-state index contributed by atoms with van der Waals surface area (Å²) in [6, 6.07) is 12.3. The number of nitrogens with zero attached hydrogens (tertiary/aromatic N) is 2. The topological polar surface area (TPSA) is 57.3 Å². The Bertz CT molecular complexity index is 933. The Hall–Kier alpha value is -2.60. The number of rotatable bonds is 6. The van der Waals surface area contributed by atoms with Crippen LogP contribution in [0.25, 0.3) is 10.1 Å². The third-order valence-electron chi connectivity index (χ3n) is 5.18. The molecule has 0 aliphatic carbocycles. The van der Waals surface area contributed by atoms with Gasteiger partial charge in [0.05, 0.1) is 0 Å². The molecule has 146 valence electrons. The molecule has 2 aromatic heterocycles. The summed E-state index contributed by atoms with van der Waals surface area (Å²) >= 11 is 1.76. The predicted octanol–water partition coefficient (Wildman–Crippen LogP) is 4.33. The van der Waals surface area contributed by atoms with Gasteiger partial charge < -0.3 is 15.5 Å². The highest BCUT2D eigenvalue weighted by molar-refractivity contribution is 7.17. The van der Waals surface area contributed by atoms with Gasteiger partial charge in [0.25, 0.3) is 0 Å². The first-order valence-electron chi connectivity index (χ1n) is 9.96. The molecule has 28 heavy (non-hydrogen) atoms. The van der Waals surface area contributed by atoms with E-state index in [1.54, 1.807) is 11.3 Å². The Balaban J connectivity index is 1.24. The van der Waals surface area contributed by atoms with Gasteiger partial charge in [-0.15, -0.1) is 11.3 Å². The van der Waals surface area contributed by atoms with Gasteiger partial charge in [-0.3, -0.25) is 0 Å². The van der Waals surface area contributed by atoms with Crippen molar-refractivity contribution in [2.75, 3.05) is 24.5 Å². The third-order valence-corrected chi connectivity index (χ3v) is 6.20. The van der Waals surface area contributed by atoms with Crippen molar-refractivity contribution >= 4 is 33.3 Å². The summed E-state index contributed by atoms with van der Waals surface area (Å²) in [7, 11) is 0. The third kappa shape index (κ3) is 4.62. The quantitative estimate of drug-likeness (QED) is 0.654. The van der Waals surface area contributed by atoms with Gasteiger partial charge in [0.1, 0.15) is 5.82 Å². The van der Waals surface area contributed by atoms with Crippen molar-refractivity contribution in [1.82, 2.24) is 15.6 Å². The molecule has 2 N–H and O–H groups in total. The normalized spacial score (nSPS) is 14.2. The van der Waals surface area contributed by atoms with E-state index in [0.717, 1.165) is 30.9 Å². The number of pyridine rings is 1. The van der Waals surface area contributed by atoms with Gasteiger partial charge >= 0.3 is 6.03 Å². The van der Waals surface area contributed by atoms with Crippen molar-refractivity contribution in [3.05, 3.63) is 59.1 Å². The molecule has 1 aliphatic heterocycles. The molecule has 3 aromatic rings. The highest BCUT2D eigenvalue weighted by atomic mass is 32.1. The number of anilines is 1. The zero-order chi connectivity index (χ0) is 19.2. The number of thiophene rings is 1. The average molecular weight is 395 g/mol. The van der Waals surface area contributed by atoms with Gasteiger partial charge in [-0.05, 0) is 65.8 Å². The first-order valence-corrected chi connectivity index (χ1v) is 10.8. The van der Waals surface area contributed by atoms with E-state index in [9.17, 15) is 4.79 Å². The van der Waals surface area contributed by atoms with Crippen molar-refractivity contribution in [2.24, 2.45) is 0 Å². The largest absolute Gasteiger partial charge is 0.357 e. The summed E-state index contributed by atoms with van der Waals surface area (Å²) in [4.78, 5) is 19.0. The Morgan fingerprint density at radius 2 is 1.96 bits per heavy atom. The number of benzene rings is 1. The number of piperidine rings is 1. The molecule has 1 aromatic carbocycles. The number of aromatic nitrogens is 1. The van der Waals surface area contributed by atoms with Gasteiger partial charge in [0.2, 0.25) is 0 Å². The first-order chi connectivity index (χ1) is 13.8. The molecule has 6 heteroatoms. The molecule has 2 amide bonds. The van der Waals surface area contributed by atoms with Crippen LogP contribution in [0.5, 0.6) is 0 Å². The fourth-order valence-corrected chi connectivity index (χ4v) is 4.65. The lowest BCUT2D eigenvalue weighted by Gasteiger charge is -2.27. The first kappa shape index (κ1) is 18.7. The summed E-state index contributed by atoms with van der Waals surface area (Å²) in [5.74, 6) is 1.02. The molecule has 0 saturated carbocycles. The number of hydrogen-bond donors (Lipinski definition) is 2. The van der Waals surface area contributed by atoms with Gasteiger partial charge in [0.15, 0.2) is 0 Å². The minimum absolute atomic E-state index is 0.129. The maximum atomic E-state index is 12.1. The Kier molecular flexibility index (Phi) is 6.07. The van der Waals surface area contributed by atoms with Crippen LogP contribution < -0.4 is 15.5 Å². The maximum Gasteiger partial charge on any atom is 0.315 e. The van der Waals surface area contributed by atoms with E-state index in [0.29, 0.717) is 13.1 Å². The second-order valence-electron chi connectivity index (χ2n) is 7.19. The molecule has 0 unspecified atom stereocenters. The molecule has 5 nitrogen and oxygen atoms in total. The fraction of sp³-hybridized carbons (Fsp3) is 0.364. The van der Waals surface area contributed by atoms with Crippen LogP contribution in [-0.2, 0) is 13.0 Å². The Labute approximate surface area is 169 Å². The molecule has 0 radical (unpaired) electrons. The molecule has 0 bridgehead atoms. The molecule has 4 rings (SSSR count). The second-order valence-corrected chi connectivity index (χ2v) is 8.10. The molecular formula is C22H26N4OS. The molecule has 1 saturated heterocycles. The van der Waals surface area contributed by atoms with Gasteiger partial charge in [-0.25, -0.2) is 9.78 Å². The van der Waals surface area contributed by atoms with E-state index in [1.165, 1.54) is 34.9 Å². The monoisotopic (exact) mass is 394 g/mol. The van der Waals surface area contributed by atoms with Gasteiger partial charge in [-0.1, -0.05) is 18.2 Å². The van der Waals surface area contributed by atoms with E-state index in [4.69, 9.17) is 0 Å². The van der Waals surface area contributed by atoms with Crippen molar-refractivity contribution in [1.29, 1.82) is 0 Å². The minimum atomic E-state index is -0.129. The van der Waals surface area contributed by atoms with Crippen molar-refractivity contribution in [3.63, 3.8) is 0 Å². The van der Waals surface area contributed by atoms with Crippen LogP contribution >= 0.6 is 11.3 Å². The van der Waals surface area contributed by atoms with E-state index in [-0.39, 0.29) is 6.03 Å². The zero-order valence-electron chi connectivity index (χ0n) is 16.0. The summed E-state index contributed by atoms with van der Waals surface area (Å²) < 4.78 is 1.30. The molecule has 0 atom stereocenters. The molecule has 3 heterocycles.